The molecular formula is C25H27FO5. The number of fused-ring (bicyclic) bond motifs is 1. The first kappa shape index (κ1) is 21.4. The Morgan fingerprint density at radius 2 is 1.90 bits per heavy atom. The van der Waals surface area contributed by atoms with E-state index in [2.05, 4.69) is 13.8 Å². The molecule has 0 aliphatic carbocycles. The number of benzene rings is 2. The van der Waals surface area contributed by atoms with Gasteiger partial charge in [0, 0.05) is 25.8 Å². The van der Waals surface area contributed by atoms with Crippen molar-refractivity contribution in [2.45, 2.75) is 64.4 Å². The van der Waals surface area contributed by atoms with Crippen LogP contribution in [0.25, 0.3) is 17.2 Å². The summed E-state index contributed by atoms with van der Waals surface area (Å²) in [5.74, 6) is -0.153. The van der Waals surface area contributed by atoms with Crippen LogP contribution in [0.2, 0.25) is 0 Å². The molecule has 2 aromatic rings. The summed E-state index contributed by atoms with van der Waals surface area (Å²) in [6.07, 6.45) is 2.83. The molecule has 2 aliphatic heterocycles. The van der Waals surface area contributed by atoms with Gasteiger partial charge in [0.05, 0.1) is 12.5 Å². The van der Waals surface area contributed by atoms with Crippen LogP contribution in [0.1, 0.15) is 57.6 Å². The van der Waals surface area contributed by atoms with E-state index in [1.54, 1.807) is 18.2 Å². The van der Waals surface area contributed by atoms with E-state index in [4.69, 9.17) is 14.2 Å². The summed E-state index contributed by atoms with van der Waals surface area (Å²) < 4.78 is 31.2. The minimum absolute atomic E-state index is 0.0154. The van der Waals surface area contributed by atoms with Gasteiger partial charge in [-0.3, -0.25) is 4.79 Å². The van der Waals surface area contributed by atoms with Crippen LogP contribution in [0.3, 0.4) is 0 Å². The minimum atomic E-state index is -0.823. The van der Waals surface area contributed by atoms with Gasteiger partial charge < -0.3 is 19.3 Å². The van der Waals surface area contributed by atoms with Crippen LogP contribution in [-0.2, 0) is 9.53 Å². The molecule has 2 aliphatic rings. The Labute approximate surface area is 181 Å². The molecule has 1 saturated heterocycles. The fourth-order valence-corrected chi connectivity index (χ4v) is 4.07. The summed E-state index contributed by atoms with van der Waals surface area (Å²) in [5, 5.41) is 9.93. The molecule has 1 fully saturated rings. The normalized spacial score (nSPS) is 22.2. The highest BCUT2D eigenvalue weighted by Gasteiger charge is 2.36. The van der Waals surface area contributed by atoms with E-state index >= 15 is 0 Å². The first-order chi connectivity index (χ1) is 14.6. The zero-order valence-corrected chi connectivity index (χ0v) is 18.1. The fourth-order valence-electron chi connectivity index (χ4n) is 4.07. The van der Waals surface area contributed by atoms with E-state index in [9.17, 15) is 14.3 Å². The highest BCUT2D eigenvalue weighted by atomic mass is 19.1. The average Bonchev–Trinajstić information content (AvgIpc) is 2.99. The average molecular weight is 426 g/mol. The van der Waals surface area contributed by atoms with Crippen LogP contribution in [-0.4, -0.2) is 29.1 Å². The van der Waals surface area contributed by atoms with Gasteiger partial charge in [0.2, 0.25) is 5.79 Å². The molecule has 0 radical (unpaired) electrons. The Morgan fingerprint density at radius 1 is 1.19 bits per heavy atom. The monoisotopic (exact) mass is 426 g/mol. The van der Waals surface area contributed by atoms with Crippen molar-refractivity contribution in [1.29, 1.82) is 0 Å². The second-order valence-electron chi connectivity index (χ2n) is 8.83. The van der Waals surface area contributed by atoms with Crippen molar-refractivity contribution in [2.24, 2.45) is 0 Å². The van der Waals surface area contributed by atoms with Crippen LogP contribution in [0.4, 0.5) is 4.39 Å². The Morgan fingerprint density at radius 3 is 2.55 bits per heavy atom. The molecule has 0 unspecified atom stereocenters. The Kier molecular flexibility index (Phi) is 5.52. The van der Waals surface area contributed by atoms with Crippen molar-refractivity contribution >= 4 is 12.0 Å². The van der Waals surface area contributed by atoms with Gasteiger partial charge in [-0.1, -0.05) is 32.1 Å². The number of hydrogen-bond acceptors (Lipinski definition) is 5. The largest absolute Gasteiger partial charge is 0.458 e. The van der Waals surface area contributed by atoms with Crippen LogP contribution in [0.5, 0.6) is 11.5 Å². The second-order valence-corrected chi connectivity index (χ2v) is 8.83. The maximum atomic E-state index is 13.6. The lowest BCUT2D eigenvalue weighted by Gasteiger charge is -2.24. The molecule has 164 valence electrons. The predicted molar refractivity (Wildman–Crippen MR) is 115 cm³/mol. The van der Waals surface area contributed by atoms with E-state index in [1.807, 2.05) is 26.0 Å². The third-order valence-electron chi connectivity index (χ3n) is 5.44. The molecule has 5 nitrogen and oxygen atoms in total. The lowest BCUT2D eigenvalue weighted by atomic mass is 9.88. The van der Waals surface area contributed by atoms with Gasteiger partial charge in [0.15, 0.2) is 11.5 Å². The Balaban J connectivity index is 1.87. The highest BCUT2D eigenvalue weighted by molar-refractivity contribution is 5.85. The third kappa shape index (κ3) is 4.44. The molecule has 2 aromatic carbocycles. The van der Waals surface area contributed by atoms with Gasteiger partial charge in [-0.05, 0) is 46.9 Å². The summed E-state index contributed by atoms with van der Waals surface area (Å²) in [4.78, 5) is 11.7. The number of aliphatic hydroxyl groups excluding tert-OH is 1. The molecule has 4 rings (SSSR count). The minimum Gasteiger partial charge on any atom is -0.458 e. The zero-order valence-electron chi connectivity index (χ0n) is 18.1. The molecule has 0 spiro atoms. The molecular weight excluding hydrogens is 399 g/mol. The van der Waals surface area contributed by atoms with Crippen molar-refractivity contribution < 1.29 is 28.5 Å². The first-order valence-electron chi connectivity index (χ1n) is 10.5. The van der Waals surface area contributed by atoms with Crippen LogP contribution in [0, 0.1) is 5.82 Å². The maximum absolute atomic E-state index is 13.6. The van der Waals surface area contributed by atoms with Crippen molar-refractivity contribution in [2.75, 3.05) is 0 Å². The number of cyclic esters (lactones) is 1. The fraction of sp³-hybridized carbons (Fsp3) is 0.400. The van der Waals surface area contributed by atoms with E-state index in [-0.39, 0.29) is 18.2 Å². The smallest absolute Gasteiger partial charge is 0.309 e. The summed E-state index contributed by atoms with van der Waals surface area (Å²) in [6.45, 7) is 7.85. The lowest BCUT2D eigenvalue weighted by molar-refractivity contribution is -0.156. The number of hydrogen-bond donors (Lipinski definition) is 1. The van der Waals surface area contributed by atoms with Crippen molar-refractivity contribution in [3.05, 3.63) is 53.4 Å². The SMILES string of the molecule is CC(C)c1cc2c(c(-c3ccc(F)cc3)c1C=C[C@@H]1C[C@@H](O)CC(=O)O1)OC(C)(C)O2. The standard InChI is InChI=1S/C25H27FO5/c1-14(2)20-13-21-24(31-25(3,4)30-21)23(15-5-7-16(26)8-6-15)19(20)10-9-18-11-17(27)12-22(28)29-18/h5-10,13-14,17-18,27H,11-12H2,1-4H3/t17-,18-/m1/s1. The van der Waals surface area contributed by atoms with Crippen molar-refractivity contribution in [3.8, 4) is 22.6 Å². The molecule has 0 bridgehead atoms. The number of halogens is 1. The summed E-state index contributed by atoms with van der Waals surface area (Å²) in [7, 11) is 0. The highest BCUT2D eigenvalue weighted by Crippen LogP contribution is 2.50. The van der Waals surface area contributed by atoms with Crippen LogP contribution in [0.15, 0.2) is 36.4 Å². The van der Waals surface area contributed by atoms with E-state index in [0.717, 1.165) is 22.3 Å². The summed E-state index contributed by atoms with van der Waals surface area (Å²) in [5.41, 5.74) is 3.50. The summed E-state index contributed by atoms with van der Waals surface area (Å²) in [6, 6.07) is 8.23. The summed E-state index contributed by atoms with van der Waals surface area (Å²) >= 11 is 0. The topological polar surface area (TPSA) is 65.0 Å². The molecule has 31 heavy (non-hydrogen) atoms. The number of aliphatic hydroxyl groups is 1. The number of carbonyl (C=O) groups is 1. The van der Waals surface area contributed by atoms with Crippen molar-refractivity contribution in [1.82, 2.24) is 0 Å². The number of ether oxygens (including phenoxy) is 3. The van der Waals surface area contributed by atoms with Crippen molar-refractivity contribution in [3.63, 3.8) is 0 Å². The maximum Gasteiger partial charge on any atom is 0.309 e. The second kappa shape index (κ2) is 8.00. The first-order valence-corrected chi connectivity index (χ1v) is 10.5. The van der Waals surface area contributed by atoms with E-state index in [0.29, 0.717) is 17.9 Å². The molecule has 0 amide bonds. The number of esters is 1. The molecule has 6 heteroatoms. The van der Waals surface area contributed by atoms with E-state index in [1.165, 1.54) is 12.1 Å². The van der Waals surface area contributed by atoms with Gasteiger partial charge in [0.25, 0.3) is 0 Å². The lowest BCUT2D eigenvalue weighted by Crippen LogP contribution is -2.31. The molecule has 1 N–H and O–H groups in total. The van der Waals surface area contributed by atoms with Gasteiger partial charge in [-0.15, -0.1) is 0 Å². The van der Waals surface area contributed by atoms with E-state index < -0.39 is 24.0 Å². The molecule has 0 aromatic heterocycles. The molecule has 0 saturated carbocycles. The zero-order chi connectivity index (χ0) is 22.3. The number of carbonyl (C=O) groups excluding carboxylic acids is 1. The van der Waals surface area contributed by atoms with Gasteiger partial charge in [0.1, 0.15) is 11.9 Å². The Bertz CT molecular complexity index is 1020. The Hall–Kier alpha value is -2.86. The molecule has 2 heterocycles. The quantitative estimate of drug-likeness (QED) is 0.681. The van der Waals surface area contributed by atoms with Gasteiger partial charge in [-0.2, -0.15) is 0 Å². The van der Waals surface area contributed by atoms with Crippen LogP contribution >= 0.6 is 0 Å². The predicted octanol–water partition coefficient (Wildman–Crippen LogP) is 5.20. The van der Waals surface area contributed by atoms with Crippen LogP contribution < -0.4 is 9.47 Å². The number of rotatable bonds is 4. The van der Waals surface area contributed by atoms with Gasteiger partial charge in [-0.25, -0.2) is 4.39 Å². The molecule has 2 atom stereocenters. The van der Waals surface area contributed by atoms with Gasteiger partial charge >= 0.3 is 5.97 Å². The third-order valence-corrected chi connectivity index (χ3v) is 5.44.